The molecule has 9 rings (SSSR count). The van der Waals surface area contributed by atoms with E-state index in [1.54, 1.807) is 0 Å². The minimum Gasteiger partial charge on any atom is -0.309 e. The van der Waals surface area contributed by atoms with Gasteiger partial charge in [-0.2, -0.15) is 10.5 Å². The van der Waals surface area contributed by atoms with Gasteiger partial charge in [0.25, 0.3) is 0 Å². The largest absolute Gasteiger partial charge is 0.309 e. The molecule has 5 heteroatoms. The molecule has 50 heavy (non-hydrogen) atoms. The van der Waals surface area contributed by atoms with E-state index in [-0.39, 0.29) is 0 Å². The second-order valence-electron chi connectivity index (χ2n) is 12.3. The van der Waals surface area contributed by atoms with Crippen LogP contribution in [0.5, 0.6) is 0 Å². The summed E-state index contributed by atoms with van der Waals surface area (Å²) in [5.41, 5.74) is 11.6. The first-order valence-corrected chi connectivity index (χ1v) is 16.3. The molecule has 0 saturated heterocycles. The highest BCUT2D eigenvalue weighted by Gasteiger charge is 2.20. The first-order chi connectivity index (χ1) is 24.7. The molecule has 0 fully saturated rings. The van der Waals surface area contributed by atoms with Crippen molar-refractivity contribution in [1.29, 1.82) is 10.5 Å². The fourth-order valence-corrected chi connectivity index (χ4v) is 7.44. The minimum atomic E-state index is 0.527. The number of hydrogen-bond acceptors (Lipinski definition) is 2. The van der Waals surface area contributed by atoms with Crippen molar-refractivity contribution in [2.45, 2.75) is 0 Å². The molecule has 230 valence electrons. The summed E-state index contributed by atoms with van der Waals surface area (Å²) in [7, 11) is 0. The molecule has 0 radical (unpaired) electrons. The van der Waals surface area contributed by atoms with Gasteiger partial charge in [0.1, 0.15) is 6.07 Å². The van der Waals surface area contributed by atoms with Gasteiger partial charge < -0.3 is 9.13 Å². The van der Waals surface area contributed by atoms with Gasteiger partial charge in [-0.25, -0.2) is 4.85 Å². The second-order valence-corrected chi connectivity index (χ2v) is 12.3. The summed E-state index contributed by atoms with van der Waals surface area (Å²) >= 11 is 0. The third-order valence-electron chi connectivity index (χ3n) is 9.62. The van der Waals surface area contributed by atoms with Gasteiger partial charge in [-0.05, 0) is 71.3 Å². The Kier molecular flexibility index (Phi) is 6.56. The SMILES string of the molecule is [C-]#[N+]c1ccc(-c2ccccc2-c2ccc(-n3c4ccccc4c4cc(C#N)ccc43)cc2)c(-n2c3ccccc3c3cccc(C#N)c32)c1. The number of nitrogens with zero attached hydrogens (tertiary/aromatic N) is 5. The van der Waals surface area contributed by atoms with Crippen LogP contribution in [0, 0.1) is 29.2 Å². The zero-order valence-corrected chi connectivity index (χ0v) is 26.7. The Morgan fingerprint density at radius 2 is 1.16 bits per heavy atom. The Hall–Kier alpha value is -7.39. The number of rotatable bonds is 4. The summed E-state index contributed by atoms with van der Waals surface area (Å²) < 4.78 is 4.39. The third-order valence-corrected chi connectivity index (χ3v) is 9.62. The zero-order valence-electron chi connectivity index (χ0n) is 26.7. The topological polar surface area (TPSA) is 61.8 Å². The van der Waals surface area contributed by atoms with Crippen molar-refractivity contribution in [2.24, 2.45) is 0 Å². The monoisotopic (exact) mass is 635 g/mol. The summed E-state index contributed by atoms with van der Waals surface area (Å²) in [6, 6.07) is 55.6. The van der Waals surface area contributed by atoms with Crippen molar-refractivity contribution in [2.75, 3.05) is 0 Å². The van der Waals surface area contributed by atoms with Crippen LogP contribution >= 0.6 is 0 Å². The van der Waals surface area contributed by atoms with Gasteiger partial charge in [0.2, 0.25) is 0 Å². The molecule has 0 aliphatic rings. The van der Waals surface area contributed by atoms with E-state index < -0.39 is 0 Å². The molecule has 0 aliphatic carbocycles. The lowest BCUT2D eigenvalue weighted by Crippen LogP contribution is -1.99. The Bertz CT molecular complexity index is 2960. The molecule has 0 saturated carbocycles. The average molecular weight is 636 g/mol. The Balaban J connectivity index is 1.24. The van der Waals surface area contributed by atoms with Crippen molar-refractivity contribution in [3.63, 3.8) is 0 Å². The summed E-state index contributed by atoms with van der Waals surface area (Å²) in [4.78, 5) is 3.80. The molecule has 2 aromatic heterocycles. The molecule has 9 aromatic rings. The molecule has 5 nitrogen and oxygen atoms in total. The summed E-state index contributed by atoms with van der Waals surface area (Å²) in [5, 5.41) is 24.0. The highest BCUT2D eigenvalue weighted by molar-refractivity contribution is 6.12. The van der Waals surface area contributed by atoms with Gasteiger partial charge in [-0.15, -0.1) is 0 Å². The van der Waals surface area contributed by atoms with Crippen LogP contribution in [0.1, 0.15) is 11.1 Å². The van der Waals surface area contributed by atoms with Crippen LogP contribution < -0.4 is 0 Å². The maximum Gasteiger partial charge on any atom is 0.189 e. The van der Waals surface area contributed by atoms with Gasteiger partial charge in [-0.1, -0.05) is 97.1 Å². The highest BCUT2D eigenvalue weighted by Crippen LogP contribution is 2.42. The first kappa shape index (κ1) is 28.8. The molecule has 0 N–H and O–H groups in total. The van der Waals surface area contributed by atoms with E-state index in [0.717, 1.165) is 77.2 Å². The predicted molar refractivity (Wildman–Crippen MR) is 202 cm³/mol. The van der Waals surface area contributed by atoms with E-state index in [4.69, 9.17) is 6.57 Å². The predicted octanol–water partition coefficient (Wildman–Crippen LogP) is 11.5. The first-order valence-electron chi connectivity index (χ1n) is 16.3. The number of hydrogen-bond donors (Lipinski definition) is 0. The molecule has 0 atom stereocenters. The van der Waals surface area contributed by atoms with Crippen LogP contribution in [0.3, 0.4) is 0 Å². The van der Waals surface area contributed by atoms with Gasteiger partial charge in [0.05, 0.1) is 45.8 Å². The van der Waals surface area contributed by atoms with Crippen molar-refractivity contribution in [1.82, 2.24) is 9.13 Å². The molecule has 7 aromatic carbocycles. The normalized spacial score (nSPS) is 11.1. The Labute approximate surface area is 288 Å². The van der Waals surface area contributed by atoms with Crippen LogP contribution in [0.15, 0.2) is 152 Å². The van der Waals surface area contributed by atoms with Crippen LogP contribution in [-0.4, -0.2) is 9.13 Å². The van der Waals surface area contributed by atoms with E-state index in [9.17, 15) is 10.5 Å². The number of benzene rings is 7. The summed E-state index contributed by atoms with van der Waals surface area (Å²) in [5.74, 6) is 0. The quantitative estimate of drug-likeness (QED) is 0.181. The van der Waals surface area contributed by atoms with Gasteiger partial charge in [-0.3, -0.25) is 0 Å². The van der Waals surface area contributed by atoms with Crippen LogP contribution in [0.25, 0.3) is 82.1 Å². The van der Waals surface area contributed by atoms with E-state index in [0.29, 0.717) is 16.8 Å². The second kappa shape index (κ2) is 11.4. The standard InChI is InChI=1S/C45H25N5/c1-48-32-20-23-38(44(26-32)50-42-16-7-4-12-36(42)39-14-8-9-31(28-47)45(39)50)35-11-3-2-10-34(35)30-18-21-33(22-19-30)49-41-15-6-5-13-37(41)40-25-29(27-46)17-24-43(40)49/h2-26H. The lowest BCUT2D eigenvalue weighted by Gasteiger charge is -2.18. The zero-order chi connectivity index (χ0) is 33.8. The molecule has 0 spiro atoms. The van der Waals surface area contributed by atoms with Crippen LogP contribution in [-0.2, 0) is 0 Å². The van der Waals surface area contributed by atoms with E-state index in [1.807, 2.05) is 84.9 Å². The van der Waals surface area contributed by atoms with Crippen molar-refractivity contribution in [3.8, 4) is 45.8 Å². The van der Waals surface area contributed by atoms with E-state index in [2.05, 4.69) is 92.8 Å². The fourth-order valence-electron chi connectivity index (χ4n) is 7.44. The number of para-hydroxylation sites is 3. The highest BCUT2D eigenvalue weighted by atomic mass is 15.0. The molecule has 0 amide bonds. The smallest absolute Gasteiger partial charge is 0.189 e. The van der Waals surface area contributed by atoms with Crippen molar-refractivity contribution in [3.05, 3.63) is 174 Å². The Morgan fingerprint density at radius 3 is 1.90 bits per heavy atom. The number of fused-ring (bicyclic) bond motifs is 6. The van der Waals surface area contributed by atoms with Crippen molar-refractivity contribution < 1.29 is 0 Å². The third kappa shape index (κ3) is 4.31. The van der Waals surface area contributed by atoms with Crippen molar-refractivity contribution >= 4 is 49.3 Å². The minimum absolute atomic E-state index is 0.527. The van der Waals surface area contributed by atoms with Gasteiger partial charge >= 0.3 is 0 Å². The maximum absolute atomic E-state index is 10.2. The molecular formula is C45H25N5. The fraction of sp³-hybridized carbons (Fsp3) is 0. The molecule has 0 aliphatic heterocycles. The lowest BCUT2D eigenvalue weighted by atomic mass is 9.93. The molecule has 2 heterocycles. The van der Waals surface area contributed by atoms with E-state index >= 15 is 0 Å². The Morgan fingerprint density at radius 1 is 0.500 bits per heavy atom. The number of aromatic nitrogens is 2. The maximum atomic E-state index is 10.2. The summed E-state index contributed by atoms with van der Waals surface area (Å²) in [6.45, 7) is 7.87. The lowest BCUT2D eigenvalue weighted by molar-refractivity contribution is 1.18. The van der Waals surface area contributed by atoms with Crippen LogP contribution in [0.4, 0.5) is 5.69 Å². The average Bonchev–Trinajstić information content (AvgIpc) is 3.70. The summed E-state index contributed by atoms with van der Waals surface area (Å²) in [6.07, 6.45) is 0. The van der Waals surface area contributed by atoms with Gasteiger partial charge in [0.15, 0.2) is 5.69 Å². The van der Waals surface area contributed by atoms with Gasteiger partial charge in [0, 0.05) is 38.5 Å². The molecule has 0 unspecified atom stereocenters. The number of nitriles is 2. The van der Waals surface area contributed by atoms with E-state index in [1.165, 1.54) is 0 Å². The molecule has 0 bridgehead atoms. The van der Waals surface area contributed by atoms with Crippen LogP contribution in [0.2, 0.25) is 0 Å². The molecular weight excluding hydrogens is 611 g/mol.